The molecule has 0 aliphatic heterocycles. The first kappa shape index (κ1) is 76.6. The van der Waals surface area contributed by atoms with E-state index in [1.165, 1.54) is 121 Å². The number of hydrogen-bond donors (Lipinski definition) is 0. The van der Waals surface area contributed by atoms with Gasteiger partial charge < -0.3 is 28.4 Å². The maximum atomic E-state index is 2.41. The molecule has 0 N–H and O–H groups in total. The normalized spacial score (nSPS) is 11.2. The summed E-state index contributed by atoms with van der Waals surface area (Å²) in [5.41, 5.74) is 32.6. The Balaban J connectivity index is 0.000000116. The van der Waals surface area contributed by atoms with Crippen LogP contribution in [0.5, 0.6) is 0 Å². The first-order valence-electron chi connectivity index (χ1n) is 43.0. The average molecular weight is 1610 g/mol. The number of rotatable bonds is 17. The Morgan fingerprint density at radius 2 is 0.341 bits per heavy atom. The molecule has 20 aromatic carbocycles. The monoisotopic (exact) mass is 1610 g/mol. The summed E-state index contributed by atoms with van der Waals surface area (Å²) in [7, 11) is 0. The van der Waals surface area contributed by atoms with E-state index in [1.807, 2.05) is 0 Å². The zero-order chi connectivity index (χ0) is 83.9. The fraction of sp³-hybridized carbons (Fsp3) is 0. The molecule has 0 saturated heterocycles. The molecule has 6 heteroatoms. The lowest BCUT2D eigenvalue weighted by Gasteiger charge is -2.28. The largest absolute Gasteiger partial charge is 0.310 e. The Bertz CT molecular complexity index is 7650. The van der Waals surface area contributed by atoms with Crippen molar-refractivity contribution in [1.29, 1.82) is 0 Å². The lowest BCUT2D eigenvalue weighted by atomic mass is 9.98. The first-order chi connectivity index (χ1) is 62.6. The van der Waals surface area contributed by atoms with Crippen molar-refractivity contribution < 1.29 is 0 Å². The molecule has 23 aromatic rings. The van der Waals surface area contributed by atoms with E-state index in [1.54, 1.807) is 0 Å². The highest BCUT2D eigenvalue weighted by Gasteiger charge is 2.27. The number of para-hydroxylation sites is 10. The van der Waals surface area contributed by atoms with Crippen molar-refractivity contribution in [2.75, 3.05) is 14.7 Å². The SMILES string of the molecule is c1ccc(-c2cc3c(cc2N(c2ccccc2)c2ccccc2)c2ccccc2n3-c2ccccc2)cc1.c1ccc(-c2ccc(N(c3ccccc3)c3cc4c5ccccc5n(-c5ccccc5)c4cc3-c3ccccc3)cc2)cc1.c1ccc(-c2cccc(N(c3ccccc3)c3cc4c5ccccc5n(-c5ccccc5)c4cc3-c3ccccc3)c2)cc1. The van der Waals surface area contributed by atoms with Crippen molar-refractivity contribution in [3.8, 4) is 72.7 Å². The fourth-order valence-corrected chi connectivity index (χ4v) is 18.2. The van der Waals surface area contributed by atoms with Gasteiger partial charge in [-0.1, -0.05) is 358 Å². The van der Waals surface area contributed by atoms with E-state index >= 15 is 0 Å². The Hall–Kier alpha value is -16.8. The van der Waals surface area contributed by atoms with Crippen LogP contribution in [0.1, 0.15) is 0 Å². The van der Waals surface area contributed by atoms with E-state index in [4.69, 9.17) is 0 Å². The van der Waals surface area contributed by atoms with E-state index in [2.05, 4.69) is 550 Å². The summed E-state index contributed by atoms with van der Waals surface area (Å²) in [6.07, 6.45) is 0. The predicted octanol–water partition coefficient (Wildman–Crippen LogP) is 33.1. The Kier molecular flexibility index (Phi) is 21.1. The summed E-state index contributed by atoms with van der Waals surface area (Å²) in [6, 6.07) is 186. The van der Waals surface area contributed by atoms with E-state index in [0.717, 1.165) is 68.2 Å². The van der Waals surface area contributed by atoms with Crippen LogP contribution >= 0.6 is 0 Å². The quantitative estimate of drug-likeness (QED) is 0.0908. The molecule has 0 spiro atoms. The Morgan fingerprint density at radius 1 is 0.127 bits per heavy atom. The highest BCUT2D eigenvalue weighted by atomic mass is 15.2. The van der Waals surface area contributed by atoms with Gasteiger partial charge in [-0.25, -0.2) is 0 Å². The van der Waals surface area contributed by atoms with Crippen LogP contribution in [0.2, 0.25) is 0 Å². The molecule has 0 saturated carbocycles. The highest BCUT2D eigenvalue weighted by molar-refractivity contribution is 6.16. The van der Waals surface area contributed by atoms with Gasteiger partial charge in [-0.2, -0.15) is 0 Å². The first-order valence-corrected chi connectivity index (χ1v) is 43.0. The second kappa shape index (κ2) is 34.7. The van der Waals surface area contributed by atoms with E-state index < -0.39 is 0 Å². The van der Waals surface area contributed by atoms with Crippen LogP contribution < -0.4 is 14.7 Å². The van der Waals surface area contributed by atoms with Crippen LogP contribution in [0.4, 0.5) is 51.2 Å². The lowest BCUT2D eigenvalue weighted by molar-refractivity contribution is 1.18. The van der Waals surface area contributed by atoms with Gasteiger partial charge >= 0.3 is 0 Å². The van der Waals surface area contributed by atoms with Crippen LogP contribution in [0.25, 0.3) is 138 Å². The molecule has 0 amide bonds. The summed E-state index contributed by atoms with van der Waals surface area (Å²) >= 11 is 0. The Morgan fingerprint density at radius 3 is 0.643 bits per heavy atom. The number of fused-ring (bicyclic) bond motifs is 9. The van der Waals surface area contributed by atoms with Gasteiger partial charge in [0.2, 0.25) is 0 Å². The molecule has 126 heavy (non-hydrogen) atoms. The molecule has 3 aromatic heterocycles. The van der Waals surface area contributed by atoms with Gasteiger partial charge in [-0.05, 0) is 203 Å². The van der Waals surface area contributed by atoms with Gasteiger partial charge in [-0.3, -0.25) is 0 Å². The van der Waals surface area contributed by atoms with E-state index in [-0.39, 0.29) is 0 Å². The molecular formula is C120H86N6. The molecule has 0 fully saturated rings. The summed E-state index contributed by atoms with van der Waals surface area (Å²) in [6.45, 7) is 0. The zero-order valence-corrected chi connectivity index (χ0v) is 69.3. The number of benzene rings is 20. The topological polar surface area (TPSA) is 24.5 Å². The number of anilines is 9. The van der Waals surface area contributed by atoms with Crippen molar-refractivity contribution in [1.82, 2.24) is 13.7 Å². The molecular weight excluding hydrogens is 1530 g/mol. The molecule has 0 bridgehead atoms. The van der Waals surface area contributed by atoms with Gasteiger partial charge in [0.25, 0.3) is 0 Å². The second-order valence-electron chi connectivity index (χ2n) is 31.5. The third-order valence-electron chi connectivity index (χ3n) is 23.9. The minimum atomic E-state index is 1.11. The average Bonchev–Trinajstić information content (AvgIpc) is 1.58. The third kappa shape index (κ3) is 15.0. The standard InChI is InChI=1S/2C42H30N2.C36H26N2/c1-5-16-31(17-6-1)33-20-15-25-36(28-33)43(34-21-9-3-10-22-34)41-30-39-37-26-13-14-27-40(37)44(35-23-11-4-12-24-35)42(39)29-38(41)32-18-7-2-8-19-32;1-5-15-31(16-6-1)32-25-27-36(28-26-32)43(34-19-9-3-10-20-34)41-30-39-37-23-13-14-24-40(37)44(35-21-11-4-12-22-35)42(39)29-38(41)33-17-7-2-8-18-33;1-5-15-27(16-6-1)32-25-36-33(31-23-13-14-24-34(31)38(36)30-21-11-4-12-22-30)26-35(32)37(28-17-7-2-8-18-28)29-19-9-3-10-20-29/h2*1-30H;1-26H. The summed E-state index contributed by atoms with van der Waals surface area (Å²) in [4.78, 5) is 7.17. The maximum Gasteiger partial charge on any atom is 0.0548 e. The van der Waals surface area contributed by atoms with Crippen LogP contribution in [0, 0.1) is 0 Å². The van der Waals surface area contributed by atoms with Crippen molar-refractivity contribution in [2.45, 2.75) is 0 Å². The molecule has 0 unspecified atom stereocenters. The summed E-state index contributed by atoms with van der Waals surface area (Å²) < 4.78 is 7.17. The zero-order valence-electron chi connectivity index (χ0n) is 69.3. The van der Waals surface area contributed by atoms with Gasteiger partial charge in [0.05, 0.1) is 50.2 Å². The lowest BCUT2D eigenvalue weighted by Crippen LogP contribution is -2.11. The molecule has 6 nitrogen and oxygen atoms in total. The van der Waals surface area contributed by atoms with Gasteiger partial charge in [-0.15, -0.1) is 0 Å². The Labute approximate surface area is 734 Å². The van der Waals surface area contributed by atoms with Crippen LogP contribution in [0.3, 0.4) is 0 Å². The fourth-order valence-electron chi connectivity index (χ4n) is 18.2. The second-order valence-corrected chi connectivity index (χ2v) is 31.5. The minimum Gasteiger partial charge on any atom is -0.310 e. The molecule has 0 radical (unpaired) electrons. The predicted molar refractivity (Wildman–Crippen MR) is 534 cm³/mol. The van der Waals surface area contributed by atoms with Crippen LogP contribution in [-0.2, 0) is 0 Å². The van der Waals surface area contributed by atoms with Crippen molar-refractivity contribution >= 4 is 117 Å². The number of hydrogen-bond acceptors (Lipinski definition) is 3. The summed E-state index contributed by atoms with van der Waals surface area (Å²) in [5, 5.41) is 7.39. The van der Waals surface area contributed by atoms with E-state index in [0.29, 0.717) is 0 Å². The smallest absolute Gasteiger partial charge is 0.0548 e. The van der Waals surface area contributed by atoms with Gasteiger partial charge in [0.1, 0.15) is 0 Å². The third-order valence-corrected chi connectivity index (χ3v) is 23.9. The van der Waals surface area contributed by atoms with Crippen molar-refractivity contribution in [2.24, 2.45) is 0 Å². The van der Waals surface area contributed by atoms with Crippen molar-refractivity contribution in [3.05, 3.63) is 522 Å². The minimum absolute atomic E-state index is 1.11. The number of aromatic nitrogens is 3. The van der Waals surface area contributed by atoms with Gasteiger partial charge in [0.15, 0.2) is 0 Å². The molecule has 0 atom stereocenters. The molecule has 0 aliphatic rings. The van der Waals surface area contributed by atoms with Crippen LogP contribution in [0.15, 0.2) is 522 Å². The molecule has 0 aliphatic carbocycles. The molecule has 23 rings (SSSR count). The highest BCUT2D eigenvalue weighted by Crippen LogP contribution is 2.51. The molecule has 596 valence electrons. The maximum absolute atomic E-state index is 2.41. The van der Waals surface area contributed by atoms with Crippen LogP contribution in [-0.4, -0.2) is 13.7 Å². The van der Waals surface area contributed by atoms with E-state index in [9.17, 15) is 0 Å². The summed E-state index contributed by atoms with van der Waals surface area (Å²) in [5.74, 6) is 0. The molecule has 3 heterocycles. The number of nitrogens with zero attached hydrogens (tertiary/aromatic N) is 6. The van der Waals surface area contributed by atoms with Crippen molar-refractivity contribution in [3.63, 3.8) is 0 Å². The van der Waals surface area contributed by atoms with Gasteiger partial charge in [0, 0.05) is 100 Å².